The van der Waals surface area contributed by atoms with Crippen molar-refractivity contribution in [3.63, 3.8) is 0 Å². The Morgan fingerprint density at radius 3 is 2.27 bits per heavy atom. The molecule has 0 N–H and O–H groups in total. The van der Waals surface area contributed by atoms with E-state index in [4.69, 9.17) is 0 Å². The van der Waals surface area contributed by atoms with Crippen LogP contribution in [0.4, 0.5) is 5.69 Å². The normalized spacial score (nSPS) is 11.2. The molecular formula is C21H16N2O3. The van der Waals surface area contributed by atoms with Crippen LogP contribution in [-0.4, -0.2) is 15.1 Å². The molecular weight excluding hydrogens is 328 g/mol. The van der Waals surface area contributed by atoms with Gasteiger partial charge in [-0.2, -0.15) is 0 Å². The van der Waals surface area contributed by atoms with E-state index in [9.17, 15) is 14.9 Å². The maximum Gasteiger partial charge on any atom is 0.269 e. The molecule has 0 aliphatic carbocycles. The molecule has 5 nitrogen and oxygen atoms in total. The topological polar surface area (TPSA) is 64.6 Å². The first kappa shape index (κ1) is 16.0. The van der Waals surface area contributed by atoms with Gasteiger partial charge in [0, 0.05) is 34.7 Å². The molecule has 0 bridgehead atoms. The molecule has 26 heavy (non-hydrogen) atoms. The summed E-state index contributed by atoms with van der Waals surface area (Å²) in [6.45, 7) is 4.08. The molecule has 0 aliphatic rings. The smallest absolute Gasteiger partial charge is 0.269 e. The number of ketones is 1. The van der Waals surface area contributed by atoms with Crippen LogP contribution in [0.3, 0.4) is 0 Å². The Balaban J connectivity index is 1.98. The van der Waals surface area contributed by atoms with Gasteiger partial charge in [-0.05, 0) is 61.4 Å². The highest BCUT2D eigenvalue weighted by Gasteiger charge is 2.20. The Hall–Kier alpha value is -3.47. The standard InChI is InChI=1S/C21H16N2O3/c1-13-11-17-18(12-14(13)2)20(22-10-4-3-5-19(17)22)21(24)15-6-8-16(9-7-15)23(25)26/h3-12H,1-2H3. The minimum absolute atomic E-state index is 0.0297. The summed E-state index contributed by atoms with van der Waals surface area (Å²) < 4.78 is 1.90. The molecule has 4 aromatic rings. The van der Waals surface area contributed by atoms with E-state index in [-0.39, 0.29) is 11.5 Å². The number of nitro groups is 1. The van der Waals surface area contributed by atoms with Gasteiger partial charge in [-0.1, -0.05) is 6.07 Å². The predicted molar refractivity (Wildman–Crippen MR) is 101 cm³/mol. The minimum atomic E-state index is -0.470. The van der Waals surface area contributed by atoms with Gasteiger partial charge in [-0.3, -0.25) is 14.9 Å². The number of aromatic nitrogens is 1. The number of carbonyl (C=O) groups is 1. The van der Waals surface area contributed by atoms with Gasteiger partial charge in [0.25, 0.3) is 5.69 Å². The maximum atomic E-state index is 13.2. The third-order valence-corrected chi connectivity index (χ3v) is 4.82. The molecule has 0 saturated heterocycles. The minimum Gasteiger partial charge on any atom is -0.313 e. The summed E-state index contributed by atoms with van der Waals surface area (Å²) in [5.74, 6) is -0.153. The van der Waals surface area contributed by atoms with Crippen LogP contribution in [0.15, 0.2) is 60.8 Å². The van der Waals surface area contributed by atoms with Crippen molar-refractivity contribution >= 4 is 27.8 Å². The van der Waals surface area contributed by atoms with Gasteiger partial charge in [0.05, 0.1) is 10.4 Å². The fourth-order valence-corrected chi connectivity index (χ4v) is 3.31. The molecule has 0 unspecified atom stereocenters. The van der Waals surface area contributed by atoms with E-state index in [2.05, 4.69) is 13.0 Å². The highest BCUT2D eigenvalue weighted by molar-refractivity contribution is 6.19. The first-order valence-corrected chi connectivity index (χ1v) is 8.26. The van der Waals surface area contributed by atoms with Gasteiger partial charge >= 0.3 is 0 Å². The molecule has 0 atom stereocenters. The summed E-state index contributed by atoms with van der Waals surface area (Å²) in [5.41, 5.74) is 4.23. The van der Waals surface area contributed by atoms with Crippen molar-refractivity contribution in [2.45, 2.75) is 13.8 Å². The molecule has 2 heterocycles. The first-order chi connectivity index (χ1) is 12.5. The van der Waals surface area contributed by atoms with Crippen molar-refractivity contribution < 1.29 is 9.72 Å². The van der Waals surface area contributed by atoms with Crippen LogP contribution in [0.25, 0.3) is 16.3 Å². The number of aryl methyl sites for hydroxylation is 2. The number of rotatable bonds is 3. The zero-order valence-corrected chi connectivity index (χ0v) is 14.4. The van der Waals surface area contributed by atoms with Crippen molar-refractivity contribution in [3.05, 3.63) is 93.3 Å². The number of benzene rings is 2. The second-order valence-corrected chi connectivity index (χ2v) is 6.42. The molecule has 0 fully saturated rings. The number of hydrogen-bond donors (Lipinski definition) is 0. The Labute approximate surface area is 149 Å². The maximum absolute atomic E-state index is 13.2. The van der Waals surface area contributed by atoms with Gasteiger partial charge in [0.1, 0.15) is 5.69 Å². The summed E-state index contributed by atoms with van der Waals surface area (Å²) >= 11 is 0. The molecule has 128 valence electrons. The fraction of sp³-hybridized carbons (Fsp3) is 0.0952. The van der Waals surface area contributed by atoms with E-state index >= 15 is 0 Å². The van der Waals surface area contributed by atoms with Crippen molar-refractivity contribution in [3.8, 4) is 0 Å². The number of nitrogens with zero attached hydrogens (tertiary/aromatic N) is 2. The quantitative estimate of drug-likeness (QED) is 0.303. The zero-order valence-electron chi connectivity index (χ0n) is 14.4. The van der Waals surface area contributed by atoms with Gasteiger partial charge in [0.2, 0.25) is 5.78 Å². The average Bonchev–Trinajstić information content (AvgIpc) is 2.95. The highest BCUT2D eigenvalue weighted by Crippen LogP contribution is 2.31. The van der Waals surface area contributed by atoms with Gasteiger partial charge < -0.3 is 4.40 Å². The van der Waals surface area contributed by atoms with Crippen molar-refractivity contribution in [1.29, 1.82) is 0 Å². The molecule has 4 rings (SSSR count). The monoisotopic (exact) mass is 344 g/mol. The lowest BCUT2D eigenvalue weighted by Gasteiger charge is -2.04. The number of fused-ring (bicyclic) bond motifs is 3. The third kappa shape index (κ3) is 2.37. The fourth-order valence-electron chi connectivity index (χ4n) is 3.31. The van der Waals surface area contributed by atoms with Crippen LogP contribution in [0.5, 0.6) is 0 Å². The van der Waals surface area contributed by atoms with E-state index in [0.717, 1.165) is 21.9 Å². The third-order valence-electron chi connectivity index (χ3n) is 4.82. The van der Waals surface area contributed by atoms with Crippen LogP contribution in [0.1, 0.15) is 27.2 Å². The van der Waals surface area contributed by atoms with E-state index in [1.54, 1.807) is 0 Å². The van der Waals surface area contributed by atoms with E-state index < -0.39 is 4.92 Å². The zero-order chi connectivity index (χ0) is 18.4. The van der Waals surface area contributed by atoms with Gasteiger partial charge in [-0.25, -0.2) is 0 Å². The number of pyridine rings is 1. The average molecular weight is 344 g/mol. The van der Waals surface area contributed by atoms with E-state index in [0.29, 0.717) is 11.3 Å². The Bertz CT molecular complexity index is 1190. The van der Waals surface area contributed by atoms with Crippen molar-refractivity contribution in [2.24, 2.45) is 0 Å². The summed E-state index contributed by atoms with van der Waals surface area (Å²) in [7, 11) is 0. The van der Waals surface area contributed by atoms with Crippen LogP contribution < -0.4 is 0 Å². The van der Waals surface area contributed by atoms with Crippen LogP contribution >= 0.6 is 0 Å². The van der Waals surface area contributed by atoms with Crippen LogP contribution in [-0.2, 0) is 0 Å². The molecule has 0 spiro atoms. The second-order valence-electron chi connectivity index (χ2n) is 6.42. The molecule has 0 amide bonds. The number of carbonyl (C=O) groups excluding carboxylic acids is 1. The lowest BCUT2D eigenvalue weighted by Crippen LogP contribution is -2.05. The molecule has 0 radical (unpaired) electrons. The summed E-state index contributed by atoms with van der Waals surface area (Å²) in [6, 6.07) is 15.7. The molecule has 0 saturated carbocycles. The molecule has 0 aliphatic heterocycles. The second kappa shape index (κ2) is 5.81. The van der Waals surface area contributed by atoms with Gasteiger partial charge in [-0.15, -0.1) is 0 Å². The van der Waals surface area contributed by atoms with Crippen molar-refractivity contribution in [1.82, 2.24) is 4.40 Å². The highest BCUT2D eigenvalue weighted by atomic mass is 16.6. The summed E-state index contributed by atoms with van der Waals surface area (Å²) in [5, 5.41) is 12.8. The number of non-ortho nitro benzene ring substituents is 1. The summed E-state index contributed by atoms with van der Waals surface area (Å²) in [4.78, 5) is 23.6. The number of nitro benzene ring substituents is 1. The first-order valence-electron chi connectivity index (χ1n) is 8.26. The number of hydrogen-bond acceptors (Lipinski definition) is 3. The Kier molecular flexibility index (Phi) is 3.58. The van der Waals surface area contributed by atoms with E-state index in [1.807, 2.05) is 41.8 Å². The van der Waals surface area contributed by atoms with Crippen molar-refractivity contribution in [2.75, 3.05) is 0 Å². The van der Waals surface area contributed by atoms with Gasteiger partial charge in [0.15, 0.2) is 0 Å². The summed E-state index contributed by atoms with van der Waals surface area (Å²) in [6.07, 6.45) is 1.87. The molecule has 5 heteroatoms. The molecule has 2 aromatic heterocycles. The van der Waals surface area contributed by atoms with E-state index in [1.165, 1.54) is 29.8 Å². The molecule has 2 aromatic carbocycles. The van der Waals surface area contributed by atoms with Crippen LogP contribution in [0, 0.1) is 24.0 Å². The lowest BCUT2D eigenvalue weighted by atomic mass is 10.0. The van der Waals surface area contributed by atoms with Crippen LogP contribution in [0.2, 0.25) is 0 Å². The predicted octanol–water partition coefficient (Wildman–Crippen LogP) is 4.85. The Morgan fingerprint density at radius 2 is 1.62 bits per heavy atom. The largest absolute Gasteiger partial charge is 0.313 e. The SMILES string of the molecule is Cc1cc2c(C(=O)c3ccc([N+](=O)[O-])cc3)n3ccccc3c2cc1C. The lowest BCUT2D eigenvalue weighted by molar-refractivity contribution is -0.384. The Morgan fingerprint density at radius 1 is 0.962 bits per heavy atom.